The molecular formula is C14H21NO2S. The van der Waals surface area contributed by atoms with Crippen molar-refractivity contribution in [3.8, 4) is 5.75 Å². The molecule has 0 bridgehead atoms. The van der Waals surface area contributed by atoms with Gasteiger partial charge in [0.15, 0.2) is 0 Å². The van der Waals surface area contributed by atoms with E-state index in [4.69, 9.17) is 4.74 Å². The van der Waals surface area contributed by atoms with Crippen molar-refractivity contribution in [1.29, 1.82) is 0 Å². The normalized spacial score (nSPS) is 18.3. The van der Waals surface area contributed by atoms with Gasteiger partial charge >= 0.3 is 0 Å². The first-order valence-electron chi connectivity index (χ1n) is 6.50. The van der Waals surface area contributed by atoms with Crippen LogP contribution in [0.4, 0.5) is 0 Å². The van der Waals surface area contributed by atoms with Crippen LogP contribution in [0.1, 0.15) is 19.8 Å². The zero-order chi connectivity index (χ0) is 13.0. The average molecular weight is 267 g/mol. The molecule has 3 nitrogen and oxygen atoms in total. The van der Waals surface area contributed by atoms with E-state index >= 15 is 0 Å². The van der Waals surface area contributed by atoms with Gasteiger partial charge in [0.1, 0.15) is 5.75 Å². The third kappa shape index (κ3) is 3.56. The molecule has 2 rings (SSSR count). The smallest absolute Gasteiger partial charge is 0.118 e. The number of nitrogens with one attached hydrogen (secondary N) is 1. The van der Waals surface area contributed by atoms with Gasteiger partial charge in [0.05, 0.1) is 17.9 Å². The minimum Gasteiger partial charge on any atom is -0.497 e. The van der Waals surface area contributed by atoms with Crippen LogP contribution in [0.3, 0.4) is 0 Å². The molecule has 1 aromatic carbocycles. The van der Waals surface area contributed by atoms with Gasteiger partial charge in [0, 0.05) is 16.7 Å². The summed E-state index contributed by atoms with van der Waals surface area (Å²) in [6.45, 7) is 3.05. The number of ether oxygens (including phenoxy) is 1. The summed E-state index contributed by atoms with van der Waals surface area (Å²) in [4.78, 5) is 0.888. The van der Waals surface area contributed by atoms with Gasteiger partial charge in [-0.05, 0) is 49.6 Å². The maximum atomic E-state index is 12.3. The highest BCUT2D eigenvalue weighted by Gasteiger charge is 2.31. The van der Waals surface area contributed by atoms with Crippen molar-refractivity contribution >= 4 is 10.8 Å². The standard InChI is InChI=1S/C14H21NO2S/c1-3-15-14(11-4-5-11)10-18(16)13-8-6-12(17-2)7-9-13/h6-9,11,14-15H,3-5,10H2,1-2H3. The molecule has 0 heterocycles. The molecule has 0 aliphatic heterocycles. The SMILES string of the molecule is CCNC(CS(=O)c1ccc(OC)cc1)C1CC1. The molecule has 1 aliphatic rings. The fourth-order valence-electron chi connectivity index (χ4n) is 2.11. The molecule has 100 valence electrons. The topological polar surface area (TPSA) is 38.3 Å². The summed E-state index contributed by atoms with van der Waals surface area (Å²) in [6.07, 6.45) is 2.55. The minimum atomic E-state index is -0.924. The third-order valence-corrected chi connectivity index (χ3v) is 4.77. The van der Waals surface area contributed by atoms with Crippen molar-refractivity contribution < 1.29 is 8.95 Å². The zero-order valence-electron chi connectivity index (χ0n) is 11.0. The second-order valence-corrected chi connectivity index (χ2v) is 6.19. The molecule has 0 spiro atoms. The lowest BCUT2D eigenvalue weighted by atomic mass is 10.2. The number of benzene rings is 1. The minimum absolute atomic E-state index is 0.401. The van der Waals surface area contributed by atoms with E-state index in [2.05, 4.69) is 12.2 Å². The van der Waals surface area contributed by atoms with Crippen LogP contribution in [-0.2, 0) is 10.8 Å². The Morgan fingerprint density at radius 2 is 2.06 bits per heavy atom. The Labute approximate surface area is 111 Å². The summed E-state index contributed by atoms with van der Waals surface area (Å²) in [5.41, 5.74) is 0. The Hall–Kier alpha value is -0.870. The highest BCUT2D eigenvalue weighted by Crippen LogP contribution is 2.33. The first-order chi connectivity index (χ1) is 8.74. The second kappa shape index (κ2) is 6.34. The Morgan fingerprint density at radius 3 is 2.56 bits per heavy atom. The Morgan fingerprint density at radius 1 is 1.39 bits per heavy atom. The third-order valence-electron chi connectivity index (χ3n) is 3.31. The molecule has 0 amide bonds. The predicted octanol–water partition coefficient (Wildman–Crippen LogP) is 2.19. The molecule has 4 heteroatoms. The molecule has 2 atom stereocenters. The maximum absolute atomic E-state index is 12.3. The summed E-state index contributed by atoms with van der Waals surface area (Å²) in [5.74, 6) is 2.25. The van der Waals surface area contributed by atoms with E-state index in [0.29, 0.717) is 11.8 Å². The molecule has 0 radical (unpaired) electrons. The van der Waals surface area contributed by atoms with Gasteiger partial charge in [-0.1, -0.05) is 6.92 Å². The lowest BCUT2D eigenvalue weighted by Crippen LogP contribution is -2.35. The number of rotatable bonds is 7. The van der Waals surface area contributed by atoms with Gasteiger partial charge in [-0.2, -0.15) is 0 Å². The van der Waals surface area contributed by atoms with Crippen molar-refractivity contribution in [2.75, 3.05) is 19.4 Å². The largest absolute Gasteiger partial charge is 0.497 e. The quantitative estimate of drug-likeness (QED) is 0.823. The number of hydrogen-bond acceptors (Lipinski definition) is 3. The van der Waals surface area contributed by atoms with Crippen LogP contribution in [0.15, 0.2) is 29.2 Å². The first kappa shape index (κ1) is 13.6. The molecule has 1 aliphatic carbocycles. The molecule has 0 saturated heterocycles. The van der Waals surface area contributed by atoms with Crippen LogP contribution in [0.2, 0.25) is 0 Å². The van der Waals surface area contributed by atoms with E-state index in [1.807, 2.05) is 24.3 Å². The Kier molecular flexibility index (Phi) is 4.78. The summed E-state index contributed by atoms with van der Waals surface area (Å²) < 4.78 is 17.4. The van der Waals surface area contributed by atoms with Crippen molar-refractivity contribution in [2.24, 2.45) is 5.92 Å². The van der Waals surface area contributed by atoms with Crippen molar-refractivity contribution in [2.45, 2.75) is 30.7 Å². The van der Waals surface area contributed by atoms with E-state index < -0.39 is 10.8 Å². The Balaban J connectivity index is 1.96. The van der Waals surface area contributed by atoms with Crippen LogP contribution >= 0.6 is 0 Å². The van der Waals surface area contributed by atoms with Crippen molar-refractivity contribution in [1.82, 2.24) is 5.32 Å². The van der Waals surface area contributed by atoms with E-state index in [9.17, 15) is 4.21 Å². The fraction of sp³-hybridized carbons (Fsp3) is 0.571. The van der Waals surface area contributed by atoms with Gasteiger partial charge < -0.3 is 10.1 Å². The fourth-order valence-corrected chi connectivity index (χ4v) is 3.46. The van der Waals surface area contributed by atoms with Crippen LogP contribution in [-0.4, -0.2) is 29.7 Å². The highest BCUT2D eigenvalue weighted by atomic mass is 32.2. The average Bonchev–Trinajstić information content (AvgIpc) is 3.22. The summed E-state index contributed by atoms with van der Waals surface area (Å²) in [6, 6.07) is 7.92. The zero-order valence-corrected chi connectivity index (χ0v) is 11.8. The predicted molar refractivity (Wildman–Crippen MR) is 74.5 cm³/mol. The van der Waals surface area contributed by atoms with Gasteiger partial charge in [-0.25, -0.2) is 0 Å². The first-order valence-corrected chi connectivity index (χ1v) is 7.82. The molecule has 1 N–H and O–H groups in total. The summed E-state index contributed by atoms with van der Waals surface area (Å²) >= 11 is 0. The maximum Gasteiger partial charge on any atom is 0.118 e. The lowest BCUT2D eigenvalue weighted by Gasteiger charge is -2.16. The molecule has 1 aromatic rings. The Bertz CT molecular complexity index is 401. The van der Waals surface area contributed by atoms with Crippen LogP contribution in [0.5, 0.6) is 5.75 Å². The number of methoxy groups -OCH3 is 1. The van der Waals surface area contributed by atoms with Gasteiger partial charge in [0.25, 0.3) is 0 Å². The van der Waals surface area contributed by atoms with Crippen molar-refractivity contribution in [3.63, 3.8) is 0 Å². The lowest BCUT2D eigenvalue weighted by molar-refractivity contribution is 0.414. The molecule has 1 saturated carbocycles. The van der Waals surface area contributed by atoms with Gasteiger partial charge in [-0.3, -0.25) is 4.21 Å². The monoisotopic (exact) mass is 267 g/mol. The molecular weight excluding hydrogens is 246 g/mol. The summed E-state index contributed by atoms with van der Waals surface area (Å²) in [7, 11) is 0.715. The van der Waals surface area contributed by atoms with Crippen LogP contribution in [0, 0.1) is 5.92 Å². The van der Waals surface area contributed by atoms with E-state index in [-0.39, 0.29) is 0 Å². The molecule has 18 heavy (non-hydrogen) atoms. The van der Waals surface area contributed by atoms with Crippen LogP contribution in [0.25, 0.3) is 0 Å². The second-order valence-electron chi connectivity index (χ2n) is 4.69. The highest BCUT2D eigenvalue weighted by molar-refractivity contribution is 7.85. The van der Waals surface area contributed by atoms with Gasteiger partial charge in [0.2, 0.25) is 0 Å². The summed E-state index contributed by atoms with van der Waals surface area (Å²) in [5, 5.41) is 3.45. The van der Waals surface area contributed by atoms with E-state index in [0.717, 1.165) is 23.1 Å². The molecule has 2 unspecified atom stereocenters. The number of hydrogen-bond donors (Lipinski definition) is 1. The van der Waals surface area contributed by atoms with E-state index in [1.54, 1.807) is 7.11 Å². The van der Waals surface area contributed by atoms with Crippen LogP contribution < -0.4 is 10.1 Å². The molecule has 0 aromatic heterocycles. The van der Waals surface area contributed by atoms with Gasteiger partial charge in [-0.15, -0.1) is 0 Å². The molecule has 1 fully saturated rings. The van der Waals surface area contributed by atoms with E-state index in [1.165, 1.54) is 12.8 Å². The van der Waals surface area contributed by atoms with Crippen molar-refractivity contribution in [3.05, 3.63) is 24.3 Å².